The molecule has 0 saturated heterocycles. The van der Waals surface area contributed by atoms with Crippen molar-refractivity contribution < 1.29 is 4.42 Å². The van der Waals surface area contributed by atoms with Crippen LogP contribution in [0.4, 0.5) is 5.69 Å². The quantitative estimate of drug-likeness (QED) is 0.702. The van der Waals surface area contributed by atoms with Gasteiger partial charge in [0.25, 0.3) is 0 Å². The lowest BCUT2D eigenvalue weighted by Gasteiger charge is -2.17. The molecule has 1 atom stereocenters. The van der Waals surface area contributed by atoms with Gasteiger partial charge in [0.15, 0.2) is 0 Å². The van der Waals surface area contributed by atoms with Crippen LogP contribution < -0.4 is 5.32 Å². The van der Waals surface area contributed by atoms with E-state index in [2.05, 4.69) is 42.6 Å². The highest BCUT2D eigenvalue weighted by Gasteiger charge is 2.29. The van der Waals surface area contributed by atoms with E-state index < -0.39 is 0 Å². The van der Waals surface area contributed by atoms with Gasteiger partial charge in [-0.2, -0.15) is 0 Å². The summed E-state index contributed by atoms with van der Waals surface area (Å²) < 4.78 is 5.87. The standard InChI is InChI=1S/C18H19NO/c1-2-16(12-7-8-12)19-13-9-10-18-15(11-13)14-5-3-4-6-17(14)20-18/h3-6,9-12,16,19H,2,7-8H2,1H3. The van der Waals surface area contributed by atoms with Crippen LogP contribution in [0.2, 0.25) is 0 Å². The summed E-state index contributed by atoms with van der Waals surface area (Å²) in [6.45, 7) is 2.27. The van der Waals surface area contributed by atoms with Crippen molar-refractivity contribution in [1.82, 2.24) is 0 Å². The van der Waals surface area contributed by atoms with Gasteiger partial charge in [-0.15, -0.1) is 0 Å². The van der Waals surface area contributed by atoms with E-state index in [0.717, 1.165) is 17.1 Å². The Hall–Kier alpha value is -1.96. The van der Waals surface area contributed by atoms with Crippen LogP contribution in [0.5, 0.6) is 0 Å². The number of fused-ring (bicyclic) bond motifs is 3. The molecular formula is C18H19NO. The van der Waals surface area contributed by atoms with Crippen molar-refractivity contribution in [1.29, 1.82) is 0 Å². The molecule has 1 N–H and O–H groups in total. The van der Waals surface area contributed by atoms with Gasteiger partial charge in [-0.05, 0) is 49.4 Å². The molecule has 2 nitrogen and oxygen atoms in total. The first-order valence-electron chi connectivity index (χ1n) is 7.53. The van der Waals surface area contributed by atoms with Gasteiger partial charge in [0.05, 0.1) is 0 Å². The summed E-state index contributed by atoms with van der Waals surface area (Å²) in [6.07, 6.45) is 3.94. The molecule has 0 spiro atoms. The van der Waals surface area contributed by atoms with Crippen molar-refractivity contribution in [3.63, 3.8) is 0 Å². The maximum absolute atomic E-state index is 5.87. The Kier molecular flexibility index (Phi) is 2.69. The number of anilines is 1. The van der Waals surface area contributed by atoms with Crippen molar-refractivity contribution in [3.05, 3.63) is 42.5 Å². The van der Waals surface area contributed by atoms with Gasteiger partial charge in [-0.1, -0.05) is 25.1 Å². The Morgan fingerprint density at radius 2 is 1.90 bits per heavy atom. The van der Waals surface area contributed by atoms with E-state index in [0.29, 0.717) is 6.04 Å². The lowest BCUT2D eigenvalue weighted by Crippen LogP contribution is -2.20. The molecule has 0 amide bonds. The lowest BCUT2D eigenvalue weighted by molar-refractivity contribution is 0.616. The van der Waals surface area contributed by atoms with Gasteiger partial charge >= 0.3 is 0 Å². The third kappa shape index (κ3) is 1.96. The predicted octanol–water partition coefficient (Wildman–Crippen LogP) is 5.19. The van der Waals surface area contributed by atoms with Crippen molar-refractivity contribution in [2.75, 3.05) is 5.32 Å². The number of benzene rings is 2. The summed E-state index contributed by atoms with van der Waals surface area (Å²) in [7, 11) is 0. The van der Waals surface area contributed by atoms with Crippen LogP contribution in [0.3, 0.4) is 0 Å². The molecule has 1 unspecified atom stereocenters. The Morgan fingerprint density at radius 1 is 1.10 bits per heavy atom. The average Bonchev–Trinajstić information content (AvgIpc) is 3.26. The third-order valence-electron chi connectivity index (χ3n) is 4.36. The summed E-state index contributed by atoms with van der Waals surface area (Å²) in [5, 5.41) is 6.10. The largest absolute Gasteiger partial charge is 0.456 e. The summed E-state index contributed by atoms with van der Waals surface area (Å²) in [6, 6.07) is 15.3. The van der Waals surface area contributed by atoms with Crippen molar-refractivity contribution in [2.45, 2.75) is 32.2 Å². The third-order valence-corrected chi connectivity index (χ3v) is 4.36. The zero-order valence-corrected chi connectivity index (χ0v) is 11.7. The Bertz CT molecular complexity index is 754. The van der Waals surface area contributed by atoms with Gasteiger partial charge < -0.3 is 9.73 Å². The summed E-state index contributed by atoms with van der Waals surface area (Å²) in [4.78, 5) is 0. The molecule has 1 aromatic heterocycles. The first-order chi connectivity index (χ1) is 9.85. The van der Waals surface area contributed by atoms with E-state index in [4.69, 9.17) is 4.42 Å². The first-order valence-corrected chi connectivity index (χ1v) is 7.53. The second-order valence-corrected chi connectivity index (χ2v) is 5.81. The van der Waals surface area contributed by atoms with Crippen LogP contribution in [-0.4, -0.2) is 6.04 Å². The zero-order chi connectivity index (χ0) is 13.5. The molecule has 0 bridgehead atoms. The smallest absolute Gasteiger partial charge is 0.135 e. The first kappa shape index (κ1) is 11.8. The van der Waals surface area contributed by atoms with Crippen molar-refractivity contribution in [3.8, 4) is 0 Å². The summed E-state index contributed by atoms with van der Waals surface area (Å²) >= 11 is 0. The molecule has 2 heteroatoms. The van der Waals surface area contributed by atoms with Crippen LogP contribution in [0, 0.1) is 5.92 Å². The van der Waals surface area contributed by atoms with Gasteiger partial charge in [0, 0.05) is 22.5 Å². The van der Waals surface area contributed by atoms with E-state index in [-0.39, 0.29) is 0 Å². The van der Waals surface area contributed by atoms with Crippen LogP contribution in [0.15, 0.2) is 46.9 Å². The maximum atomic E-state index is 5.87. The van der Waals surface area contributed by atoms with Crippen molar-refractivity contribution in [2.24, 2.45) is 5.92 Å². The minimum absolute atomic E-state index is 0.616. The monoisotopic (exact) mass is 265 g/mol. The van der Waals surface area contributed by atoms with Crippen LogP contribution in [0.25, 0.3) is 21.9 Å². The molecule has 1 aliphatic carbocycles. The second-order valence-electron chi connectivity index (χ2n) is 5.81. The topological polar surface area (TPSA) is 25.2 Å². The van der Waals surface area contributed by atoms with E-state index in [9.17, 15) is 0 Å². The number of hydrogen-bond acceptors (Lipinski definition) is 2. The fourth-order valence-electron chi connectivity index (χ4n) is 3.08. The molecule has 20 heavy (non-hydrogen) atoms. The number of para-hydroxylation sites is 1. The van der Waals surface area contributed by atoms with E-state index in [1.165, 1.54) is 35.7 Å². The normalized spacial score (nSPS) is 16.6. The van der Waals surface area contributed by atoms with Gasteiger partial charge in [-0.3, -0.25) is 0 Å². The molecular weight excluding hydrogens is 246 g/mol. The number of furan rings is 1. The molecule has 1 aliphatic rings. The van der Waals surface area contributed by atoms with Gasteiger partial charge in [0.2, 0.25) is 0 Å². The molecule has 3 aromatic rings. The molecule has 1 saturated carbocycles. The van der Waals surface area contributed by atoms with E-state index >= 15 is 0 Å². The lowest BCUT2D eigenvalue weighted by atomic mass is 10.1. The molecule has 0 aliphatic heterocycles. The summed E-state index contributed by atoms with van der Waals surface area (Å²) in [5.41, 5.74) is 3.15. The van der Waals surface area contributed by atoms with Crippen LogP contribution in [0.1, 0.15) is 26.2 Å². The van der Waals surface area contributed by atoms with Crippen LogP contribution in [-0.2, 0) is 0 Å². The zero-order valence-electron chi connectivity index (χ0n) is 11.7. The SMILES string of the molecule is CCC(Nc1ccc2oc3ccccc3c2c1)C1CC1. The Balaban J connectivity index is 1.75. The average molecular weight is 265 g/mol. The molecule has 1 fully saturated rings. The van der Waals surface area contributed by atoms with Gasteiger partial charge in [0.1, 0.15) is 11.2 Å². The fraction of sp³-hybridized carbons (Fsp3) is 0.333. The van der Waals surface area contributed by atoms with E-state index in [1.807, 2.05) is 12.1 Å². The molecule has 4 rings (SSSR count). The predicted molar refractivity (Wildman–Crippen MR) is 84.1 cm³/mol. The molecule has 2 aromatic carbocycles. The van der Waals surface area contributed by atoms with E-state index in [1.54, 1.807) is 0 Å². The number of hydrogen-bond donors (Lipinski definition) is 1. The van der Waals surface area contributed by atoms with Crippen LogP contribution >= 0.6 is 0 Å². The number of nitrogens with one attached hydrogen (secondary N) is 1. The molecule has 1 heterocycles. The highest BCUT2D eigenvalue weighted by Crippen LogP contribution is 2.36. The maximum Gasteiger partial charge on any atom is 0.135 e. The fourth-order valence-corrected chi connectivity index (χ4v) is 3.08. The number of rotatable bonds is 4. The van der Waals surface area contributed by atoms with Crippen molar-refractivity contribution >= 4 is 27.6 Å². The minimum Gasteiger partial charge on any atom is -0.456 e. The highest BCUT2D eigenvalue weighted by atomic mass is 16.3. The van der Waals surface area contributed by atoms with Gasteiger partial charge in [-0.25, -0.2) is 0 Å². The Morgan fingerprint density at radius 3 is 2.70 bits per heavy atom. The second kappa shape index (κ2) is 4.55. The molecule has 0 radical (unpaired) electrons. The Labute approximate surface area is 118 Å². The summed E-state index contributed by atoms with van der Waals surface area (Å²) in [5.74, 6) is 0.872. The minimum atomic E-state index is 0.616. The highest BCUT2D eigenvalue weighted by molar-refractivity contribution is 6.05. The molecule has 102 valence electrons.